The molecule has 0 atom stereocenters. The SMILES string of the molecule is CCc1ccc(N2CCC(CN3CCN(C(C)C)CC3)CC2)c(F)c1. The average Bonchev–Trinajstić information content (AvgIpc) is 2.63. The molecule has 0 spiro atoms. The Balaban J connectivity index is 1.46. The zero-order valence-electron chi connectivity index (χ0n) is 16.2. The van der Waals surface area contributed by atoms with Crippen LogP contribution in [-0.4, -0.2) is 61.7 Å². The lowest BCUT2D eigenvalue weighted by Gasteiger charge is -2.40. The van der Waals surface area contributed by atoms with Gasteiger partial charge in [-0.15, -0.1) is 0 Å². The van der Waals surface area contributed by atoms with Gasteiger partial charge in [0.2, 0.25) is 0 Å². The molecule has 1 aromatic rings. The van der Waals surface area contributed by atoms with Crippen molar-refractivity contribution in [2.45, 2.75) is 46.1 Å². The van der Waals surface area contributed by atoms with Crippen LogP contribution >= 0.6 is 0 Å². The first-order valence-electron chi connectivity index (χ1n) is 10.1. The Hall–Kier alpha value is -1.13. The Bertz CT molecular complexity index is 544. The number of halogens is 1. The van der Waals surface area contributed by atoms with Crippen LogP contribution < -0.4 is 4.90 Å². The van der Waals surface area contributed by atoms with Gasteiger partial charge in [0.05, 0.1) is 5.69 Å². The molecule has 3 nitrogen and oxygen atoms in total. The quantitative estimate of drug-likeness (QED) is 0.805. The molecule has 0 aromatic heterocycles. The summed E-state index contributed by atoms with van der Waals surface area (Å²) in [5.74, 6) is 0.711. The third-order valence-electron chi connectivity index (χ3n) is 6.03. The summed E-state index contributed by atoms with van der Waals surface area (Å²) in [6.45, 7) is 14.6. The zero-order chi connectivity index (χ0) is 17.8. The highest BCUT2D eigenvalue weighted by atomic mass is 19.1. The Kier molecular flexibility index (Phi) is 6.34. The number of anilines is 1. The summed E-state index contributed by atoms with van der Waals surface area (Å²) in [5, 5.41) is 0. The van der Waals surface area contributed by atoms with E-state index in [1.807, 2.05) is 6.07 Å². The lowest BCUT2D eigenvalue weighted by Crippen LogP contribution is -2.50. The molecule has 3 rings (SSSR count). The van der Waals surface area contributed by atoms with Gasteiger partial charge in [-0.3, -0.25) is 4.90 Å². The largest absolute Gasteiger partial charge is 0.369 e. The molecule has 0 aliphatic carbocycles. The van der Waals surface area contributed by atoms with E-state index in [4.69, 9.17) is 0 Å². The first-order valence-corrected chi connectivity index (χ1v) is 10.1. The van der Waals surface area contributed by atoms with Gasteiger partial charge in [-0.1, -0.05) is 13.0 Å². The lowest BCUT2D eigenvalue weighted by molar-refractivity contribution is 0.0931. The minimum atomic E-state index is -0.0531. The smallest absolute Gasteiger partial charge is 0.146 e. The van der Waals surface area contributed by atoms with Crippen molar-refractivity contribution in [2.75, 3.05) is 50.7 Å². The standard InChI is InChI=1S/C21H34FN3/c1-4-18-5-6-21(20(22)15-18)25-9-7-19(8-10-25)16-23-11-13-24(14-12-23)17(2)3/h5-6,15,17,19H,4,7-14,16H2,1-3H3. The van der Waals surface area contributed by atoms with Crippen LogP contribution in [0.3, 0.4) is 0 Å². The normalized spacial score (nSPS) is 21.2. The van der Waals surface area contributed by atoms with Crippen molar-refractivity contribution in [3.63, 3.8) is 0 Å². The number of hydrogen-bond donors (Lipinski definition) is 0. The second-order valence-electron chi connectivity index (χ2n) is 8.00. The number of aryl methyl sites for hydroxylation is 1. The first kappa shape index (κ1) is 18.7. The number of hydrogen-bond acceptors (Lipinski definition) is 3. The summed E-state index contributed by atoms with van der Waals surface area (Å²) in [6.07, 6.45) is 3.25. The van der Waals surface area contributed by atoms with E-state index in [-0.39, 0.29) is 5.82 Å². The molecule has 25 heavy (non-hydrogen) atoms. The molecule has 2 fully saturated rings. The maximum atomic E-state index is 14.3. The molecular weight excluding hydrogens is 313 g/mol. The van der Waals surface area contributed by atoms with E-state index in [0.717, 1.165) is 36.7 Å². The Morgan fingerprint density at radius 2 is 1.72 bits per heavy atom. The third kappa shape index (κ3) is 4.73. The van der Waals surface area contributed by atoms with Gasteiger partial charge in [0.25, 0.3) is 0 Å². The monoisotopic (exact) mass is 347 g/mol. The number of nitrogens with zero attached hydrogens (tertiary/aromatic N) is 3. The topological polar surface area (TPSA) is 9.72 Å². The number of benzene rings is 1. The van der Waals surface area contributed by atoms with E-state index < -0.39 is 0 Å². The average molecular weight is 348 g/mol. The molecule has 0 radical (unpaired) electrons. The lowest BCUT2D eigenvalue weighted by atomic mass is 9.95. The fourth-order valence-electron chi connectivity index (χ4n) is 4.21. The predicted molar refractivity (Wildman–Crippen MR) is 104 cm³/mol. The Morgan fingerprint density at radius 3 is 2.28 bits per heavy atom. The van der Waals surface area contributed by atoms with Gasteiger partial charge >= 0.3 is 0 Å². The van der Waals surface area contributed by atoms with E-state index in [1.165, 1.54) is 45.6 Å². The maximum absolute atomic E-state index is 14.3. The summed E-state index contributed by atoms with van der Waals surface area (Å²) in [5.41, 5.74) is 1.87. The van der Waals surface area contributed by atoms with Crippen LogP contribution in [0.15, 0.2) is 18.2 Å². The fraction of sp³-hybridized carbons (Fsp3) is 0.714. The van der Waals surface area contributed by atoms with Crippen molar-refractivity contribution in [1.29, 1.82) is 0 Å². The van der Waals surface area contributed by atoms with Crippen LogP contribution in [0.25, 0.3) is 0 Å². The third-order valence-corrected chi connectivity index (χ3v) is 6.03. The summed E-state index contributed by atoms with van der Waals surface area (Å²) in [6, 6.07) is 6.41. The van der Waals surface area contributed by atoms with Gasteiger partial charge in [0.1, 0.15) is 5.82 Å². The zero-order valence-corrected chi connectivity index (χ0v) is 16.2. The van der Waals surface area contributed by atoms with Crippen molar-refractivity contribution in [1.82, 2.24) is 9.80 Å². The number of piperidine rings is 1. The van der Waals surface area contributed by atoms with Crippen LogP contribution in [0.4, 0.5) is 10.1 Å². The molecule has 0 saturated carbocycles. The van der Waals surface area contributed by atoms with Crippen LogP contribution in [-0.2, 0) is 6.42 Å². The van der Waals surface area contributed by atoms with Gasteiger partial charge in [-0.05, 0) is 56.7 Å². The molecule has 0 bridgehead atoms. The fourth-order valence-corrected chi connectivity index (χ4v) is 4.21. The Morgan fingerprint density at radius 1 is 1.04 bits per heavy atom. The van der Waals surface area contributed by atoms with Crippen LogP contribution in [0, 0.1) is 11.7 Å². The van der Waals surface area contributed by atoms with E-state index in [0.29, 0.717) is 6.04 Å². The van der Waals surface area contributed by atoms with Crippen LogP contribution in [0.5, 0.6) is 0 Å². The van der Waals surface area contributed by atoms with Gasteiger partial charge in [-0.25, -0.2) is 4.39 Å². The van der Waals surface area contributed by atoms with Gasteiger partial charge in [0, 0.05) is 51.9 Å². The summed E-state index contributed by atoms with van der Waals surface area (Å²) in [7, 11) is 0. The highest BCUT2D eigenvalue weighted by Gasteiger charge is 2.25. The number of piperazine rings is 1. The molecule has 2 heterocycles. The first-order chi connectivity index (χ1) is 12.1. The van der Waals surface area contributed by atoms with Crippen molar-refractivity contribution in [2.24, 2.45) is 5.92 Å². The molecule has 1 aromatic carbocycles. The minimum absolute atomic E-state index is 0.0531. The summed E-state index contributed by atoms with van der Waals surface area (Å²) < 4.78 is 14.3. The van der Waals surface area contributed by atoms with Crippen molar-refractivity contribution in [3.8, 4) is 0 Å². The summed E-state index contributed by atoms with van der Waals surface area (Å²) >= 11 is 0. The maximum Gasteiger partial charge on any atom is 0.146 e. The second kappa shape index (κ2) is 8.50. The van der Waals surface area contributed by atoms with Crippen molar-refractivity contribution in [3.05, 3.63) is 29.6 Å². The van der Waals surface area contributed by atoms with Crippen LogP contribution in [0.2, 0.25) is 0 Å². The Labute approximate surface area is 152 Å². The van der Waals surface area contributed by atoms with Crippen molar-refractivity contribution < 1.29 is 4.39 Å². The van der Waals surface area contributed by atoms with Crippen molar-refractivity contribution >= 4 is 5.69 Å². The molecule has 0 amide bonds. The summed E-state index contributed by atoms with van der Waals surface area (Å²) in [4.78, 5) is 7.44. The van der Waals surface area contributed by atoms with Gasteiger partial charge in [0.15, 0.2) is 0 Å². The van der Waals surface area contributed by atoms with E-state index in [9.17, 15) is 4.39 Å². The van der Waals surface area contributed by atoms with E-state index in [2.05, 4.69) is 41.5 Å². The molecule has 2 aliphatic heterocycles. The second-order valence-corrected chi connectivity index (χ2v) is 8.00. The molecule has 2 aliphatic rings. The van der Waals surface area contributed by atoms with Gasteiger partial charge in [-0.2, -0.15) is 0 Å². The van der Waals surface area contributed by atoms with E-state index in [1.54, 1.807) is 6.07 Å². The highest BCUT2D eigenvalue weighted by molar-refractivity contribution is 5.49. The molecular formula is C21H34FN3. The van der Waals surface area contributed by atoms with Gasteiger partial charge < -0.3 is 9.80 Å². The van der Waals surface area contributed by atoms with Crippen LogP contribution in [0.1, 0.15) is 39.2 Å². The predicted octanol–water partition coefficient (Wildman–Crippen LogP) is 3.63. The molecule has 140 valence electrons. The van der Waals surface area contributed by atoms with E-state index >= 15 is 0 Å². The molecule has 2 saturated heterocycles. The molecule has 4 heteroatoms. The minimum Gasteiger partial charge on any atom is -0.369 e. The highest BCUT2D eigenvalue weighted by Crippen LogP contribution is 2.27. The molecule has 0 unspecified atom stereocenters. The molecule has 0 N–H and O–H groups in total. The number of rotatable bonds is 5.